The molecule has 0 atom stereocenters. The second-order valence-corrected chi connectivity index (χ2v) is 4.93. The highest BCUT2D eigenvalue weighted by molar-refractivity contribution is 14.1. The van der Waals surface area contributed by atoms with Crippen molar-refractivity contribution in [3.05, 3.63) is 68.5 Å². The van der Waals surface area contributed by atoms with E-state index in [1.165, 1.54) is 18.2 Å². The van der Waals surface area contributed by atoms with Crippen molar-refractivity contribution < 1.29 is 9.18 Å². The fraction of sp³-hybridized carbons (Fsp3) is 0.0714. The van der Waals surface area contributed by atoms with E-state index >= 15 is 0 Å². The van der Waals surface area contributed by atoms with Gasteiger partial charge in [-0.2, -0.15) is 0 Å². The van der Waals surface area contributed by atoms with E-state index in [-0.39, 0.29) is 11.6 Å². The van der Waals surface area contributed by atoms with Gasteiger partial charge in [-0.05, 0) is 65.4 Å². The summed E-state index contributed by atoms with van der Waals surface area (Å²) in [4.78, 5) is 12.3. The third kappa shape index (κ3) is 2.54. The number of carbonyl (C=O) groups excluding carboxylic acids is 1. The Bertz CT molecular complexity index is 578. The molecule has 1 nitrogen and oxygen atoms in total. The van der Waals surface area contributed by atoms with Gasteiger partial charge < -0.3 is 0 Å². The topological polar surface area (TPSA) is 17.1 Å². The van der Waals surface area contributed by atoms with Gasteiger partial charge in [0.25, 0.3) is 0 Å². The molecule has 3 heteroatoms. The lowest BCUT2D eigenvalue weighted by Crippen LogP contribution is -2.05. The lowest BCUT2D eigenvalue weighted by molar-refractivity contribution is 0.103. The summed E-state index contributed by atoms with van der Waals surface area (Å²) in [5.74, 6) is -0.380. The van der Waals surface area contributed by atoms with E-state index in [1.807, 2.05) is 18.2 Å². The Labute approximate surface area is 113 Å². The molecule has 2 rings (SSSR count). The lowest BCUT2D eigenvalue weighted by Gasteiger charge is -2.06. The minimum atomic E-state index is -0.318. The molecule has 0 aliphatic carbocycles. The molecule has 0 radical (unpaired) electrons. The van der Waals surface area contributed by atoms with Crippen molar-refractivity contribution in [3.63, 3.8) is 0 Å². The van der Waals surface area contributed by atoms with Gasteiger partial charge in [0.15, 0.2) is 5.78 Å². The van der Waals surface area contributed by atoms with E-state index in [9.17, 15) is 9.18 Å². The predicted octanol–water partition coefficient (Wildman–Crippen LogP) is 3.97. The van der Waals surface area contributed by atoms with Crippen molar-refractivity contribution in [2.24, 2.45) is 0 Å². The van der Waals surface area contributed by atoms with Gasteiger partial charge in [0.1, 0.15) is 5.82 Å². The fourth-order valence-electron chi connectivity index (χ4n) is 1.67. The van der Waals surface area contributed by atoms with E-state index < -0.39 is 0 Å². The number of halogens is 2. The standard InChI is InChI=1S/C14H10FIO/c1-9-8-10(15)6-7-11(9)14(17)12-4-2-3-5-13(12)16/h2-8H,1H3. The smallest absolute Gasteiger partial charge is 0.194 e. The molecule has 0 aliphatic rings. The van der Waals surface area contributed by atoms with Crippen LogP contribution in [0.1, 0.15) is 21.5 Å². The summed E-state index contributed by atoms with van der Waals surface area (Å²) < 4.78 is 13.9. The van der Waals surface area contributed by atoms with Gasteiger partial charge in [-0.15, -0.1) is 0 Å². The summed E-state index contributed by atoms with van der Waals surface area (Å²) in [6, 6.07) is 11.6. The lowest BCUT2D eigenvalue weighted by atomic mass is 9.99. The van der Waals surface area contributed by atoms with Crippen LogP contribution in [-0.2, 0) is 0 Å². The Morgan fingerprint density at radius 2 is 1.82 bits per heavy atom. The van der Waals surface area contributed by atoms with Crippen LogP contribution in [0.4, 0.5) is 4.39 Å². The highest BCUT2D eigenvalue weighted by atomic mass is 127. The van der Waals surface area contributed by atoms with Crippen LogP contribution in [0.15, 0.2) is 42.5 Å². The maximum Gasteiger partial charge on any atom is 0.194 e. The third-order valence-electron chi connectivity index (χ3n) is 2.55. The van der Waals surface area contributed by atoms with Crippen LogP contribution in [0.25, 0.3) is 0 Å². The number of aryl methyl sites for hydroxylation is 1. The average molecular weight is 340 g/mol. The maximum absolute atomic E-state index is 13.0. The SMILES string of the molecule is Cc1cc(F)ccc1C(=O)c1ccccc1I. The van der Waals surface area contributed by atoms with Crippen LogP contribution in [0, 0.1) is 16.3 Å². The summed E-state index contributed by atoms with van der Waals surface area (Å²) in [6.45, 7) is 1.74. The van der Waals surface area contributed by atoms with Crippen molar-refractivity contribution in [2.45, 2.75) is 6.92 Å². The Morgan fingerprint density at radius 3 is 2.47 bits per heavy atom. The van der Waals surface area contributed by atoms with Gasteiger partial charge in [0.05, 0.1) is 0 Å². The fourth-order valence-corrected chi connectivity index (χ4v) is 2.30. The Kier molecular flexibility index (Phi) is 3.57. The molecule has 17 heavy (non-hydrogen) atoms. The number of benzene rings is 2. The zero-order valence-electron chi connectivity index (χ0n) is 9.21. The van der Waals surface area contributed by atoms with Crippen LogP contribution in [-0.4, -0.2) is 5.78 Å². The molecule has 2 aromatic rings. The van der Waals surface area contributed by atoms with E-state index in [0.29, 0.717) is 16.7 Å². The average Bonchev–Trinajstić information content (AvgIpc) is 2.29. The van der Waals surface area contributed by atoms with Gasteiger partial charge in [-0.3, -0.25) is 4.79 Å². The quantitative estimate of drug-likeness (QED) is 0.597. The number of carbonyl (C=O) groups is 1. The molecule has 0 amide bonds. The van der Waals surface area contributed by atoms with Crippen molar-refractivity contribution >= 4 is 28.4 Å². The van der Waals surface area contributed by atoms with E-state index in [0.717, 1.165) is 3.57 Å². The molecule has 0 bridgehead atoms. The minimum Gasteiger partial charge on any atom is -0.289 e. The minimum absolute atomic E-state index is 0.0625. The molecular formula is C14H10FIO. The van der Waals surface area contributed by atoms with E-state index in [1.54, 1.807) is 13.0 Å². The first-order valence-corrected chi connectivity index (χ1v) is 6.23. The van der Waals surface area contributed by atoms with Gasteiger partial charge in [0, 0.05) is 14.7 Å². The molecule has 0 fully saturated rings. The number of hydrogen-bond acceptors (Lipinski definition) is 1. The second-order valence-electron chi connectivity index (χ2n) is 3.77. The summed E-state index contributed by atoms with van der Waals surface area (Å²) in [5.41, 5.74) is 1.87. The van der Waals surface area contributed by atoms with Gasteiger partial charge in [-0.1, -0.05) is 12.1 Å². The normalized spacial score (nSPS) is 10.3. The van der Waals surface area contributed by atoms with Crippen molar-refractivity contribution in [3.8, 4) is 0 Å². The molecule has 86 valence electrons. The summed E-state index contributed by atoms with van der Waals surface area (Å²) in [7, 11) is 0. The van der Waals surface area contributed by atoms with Crippen LogP contribution in [0.3, 0.4) is 0 Å². The first kappa shape index (κ1) is 12.2. The summed E-state index contributed by atoms with van der Waals surface area (Å²) in [6.07, 6.45) is 0. The van der Waals surface area contributed by atoms with Crippen molar-refractivity contribution in [1.82, 2.24) is 0 Å². The van der Waals surface area contributed by atoms with Crippen molar-refractivity contribution in [1.29, 1.82) is 0 Å². The molecule has 0 heterocycles. The van der Waals surface area contributed by atoms with Crippen molar-refractivity contribution in [2.75, 3.05) is 0 Å². The first-order chi connectivity index (χ1) is 8.09. The Hall–Kier alpha value is -1.23. The molecule has 0 aliphatic heterocycles. The van der Waals surface area contributed by atoms with Crippen LogP contribution < -0.4 is 0 Å². The summed E-state index contributed by atoms with van der Waals surface area (Å²) >= 11 is 2.13. The molecule has 0 aromatic heterocycles. The number of ketones is 1. The first-order valence-electron chi connectivity index (χ1n) is 5.15. The highest BCUT2D eigenvalue weighted by Gasteiger charge is 2.14. The maximum atomic E-state index is 13.0. The van der Waals surface area contributed by atoms with E-state index in [2.05, 4.69) is 22.6 Å². The van der Waals surface area contributed by atoms with Gasteiger partial charge >= 0.3 is 0 Å². The predicted molar refractivity (Wildman–Crippen MR) is 73.7 cm³/mol. The van der Waals surface area contributed by atoms with E-state index in [4.69, 9.17) is 0 Å². The monoisotopic (exact) mass is 340 g/mol. The molecule has 0 N–H and O–H groups in total. The van der Waals surface area contributed by atoms with Gasteiger partial charge in [0.2, 0.25) is 0 Å². The van der Waals surface area contributed by atoms with Crippen LogP contribution >= 0.6 is 22.6 Å². The third-order valence-corrected chi connectivity index (χ3v) is 3.49. The largest absolute Gasteiger partial charge is 0.289 e. The summed E-state index contributed by atoms with van der Waals surface area (Å²) in [5, 5.41) is 0. The Morgan fingerprint density at radius 1 is 1.12 bits per heavy atom. The molecule has 0 saturated carbocycles. The highest BCUT2D eigenvalue weighted by Crippen LogP contribution is 2.19. The number of rotatable bonds is 2. The molecule has 0 saturated heterocycles. The molecule has 0 spiro atoms. The zero-order valence-corrected chi connectivity index (χ0v) is 11.4. The molecule has 2 aromatic carbocycles. The molecule has 0 unspecified atom stereocenters. The zero-order chi connectivity index (χ0) is 12.4. The Balaban J connectivity index is 2.48. The second kappa shape index (κ2) is 4.96. The van der Waals surface area contributed by atoms with Crippen LogP contribution in [0.5, 0.6) is 0 Å². The number of hydrogen-bond donors (Lipinski definition) is 0. The van der Waals surface area contributed by atoms with Crippen LogP contribution in [0.2, 0.25) is 0 Å². The molecular weight excluding hydrogens is 330 g/mol. The van der Waals surface area contributed by atoms with Gasteiger partial charge in [-0.25, -0.2) is 4.39 Å².